The number of nitrogens with one attached hydrogen (secondary N) is 2. The summed E-state index contributed by atoms with van der Waals surface area (Å²) >= 11 is 0. The molecule has 2 amide bonds. The Hall–Kier alpha value is -3.35. The van der Waals surface area contributed by atoms with Gasteiger partial charge in [-0.25, -0.2) is 4.79 Å². The SMILES string of the molecule is CCC[C@@H](CC(=O)O)NC(=O)C[C@H](NC(=O)OCC1c2ccccc2-c2ccccc21)C(C)C. The Kier molecular flexibility index (Phi) is 8.68. The molecule has 0 radical (unpaired) electrons. The van der Waals surface area contributed by atoms with Crippen molar-refractivity contribution in [2.45, 2.75) is 64.5 Å². The van der Waals surface area contributed by atoms with Crippen LogP contribution in [-0.2, 0) is 14.3 Å². The molecule has 0 saturated carbocycles. The normalized spacial score (nSPS) is 14.1. The maximum atomic E-state index is 12.6. The van der Waals surface area contributed by atoms with Crippen molar-refractivity contribution in [2.75, 3.05) is 6.61 Å². The van der Waals surface area contributed by atoms with E-state index in [2.05, 4.69) is 34.9 Å². The smallest absolute Gasteiger partial charge is 0.407 e. The van der Waals surface area contributed by atoms with Crippen molar-refractivity contribution in [1.29, 1.82) is 0 Å². The summed E-state index contributed by atoms with van der Waals surface area (Å²) in [4.78, 5) is 36.3. The number of aliphatic carboxylic acids is 1. The van der Waals surface area contributed by atoms with E-state index in [0.717, 1.165) is 28.7 Å². The van der Waals surface area contributed by atoms with E-state index in [1.807, 2.05) is 45.0 Å². The fourth-order valence-electron chi connectivity index (χ4n) is 4.52. The number of carboxylic acid groups (broad SMARTS) is 1. The van der Waals surface area contributed by atoms with Gasteiger partial charge in [-0.05, 0) is 34.6 Å². The lowest BCUT2D eigenvalue weighted by Crippen LogP contribution is -2.45. The molecule has 0 unspecified atom stereocenters. The molecule has 0 aromatic heterocycles. The van der Waals surface area contributed by atoms with Gasteiger partial charge in [0, 0.05) is 24.4 Å². The van der Waals surface area contributed by atoms with E-state index in [-0.39, 0.29) is 37.2 Å². The van der Waals surface area contributed by atoms with Crippen molar-refractivity contribution in [3.05, 3.63) is 59.7 Å². The van der Waals surface area contributed by atoms with E-state index in [1.165, 1.54) is 0 Å². The Morgan fingerprint density at radius 3 is 2.06 bits per heavy atom. The number of hydrogen-bond donors (Lipinski definition) is 3. The van der Waals surface area contributed by atoms with Crippen LogP contribution in [0, 0.1) is 5.92 Å². The van der Waals surface area contributed by atoms with Crippen LogP contribution in [-0.4, -0.2) is 41.8 Å². The Balaban J connectivity index is 1.58. The van der Waals surface area contributed by atoms with Gasteiger partial charge >= 0.3 is 12.1 Å². The maximum absolute atomic E-state index is 12.6. The number of fused-ring (bicyclic) bond motifs is 3. The van der Waals surface area contributed by atoms with Gasteiger partial charge in [-0.15, -0.1) is 0 Å². The van der Waals surface area contributed by atoms with Crippen LogP contribution in [0.25, 0.3) is 11.1 Å². The first kappa shape index (κ1) is 25.3. The van der Waals surface area contributed by atoms with Crippen LogP contribution in [0.3, 0.4) is 0 Å². The first-order valence-corrected chi connectivity index (χ1v) is 11.9. The minimum absolute atomic E-state index is 0.00432. The number of benzene rings is 2. The molecule has 34 heavy (non-hydrogen) atoms. The minimum atomic E-state index is -0.948. The summed E-state index contributed by atoms with van der Waals surface area (Å²) in [6.07, 6.45) is 0.727. The standard InChI is InChI=1S/C27H34N2O5/c1-4-9-18(14-26(31)32)28-25(30)15-24(17(2)3)29-27(33)34-16-23-21-12-7-5-10-19(21)20-11-6-8-13-22(20)23/h5-8,10-13,17-18,23-24H,4,9,14-16H2,1-3H3,(H,28,30)(H,29,33)(H,31,32)/t18-,24-/m0/s1. The summed E-state index contributed by atoms with van der Waals surface area (Å²) in [5.74, 6) is -1.27. The first-order chi connectivity index (χ1) is 16.3. The molecule has 0 aliphatic heterocycles. The minimum Gasteiger partial charge on any atom is -0.481 e. The zero-order chi connectivity index (χ0) is 24.7. The van der Waals surface area contributed by atoms with Gasteiger partial charge in [0.05, 0.1) is 6.42 Å². The fourth-order valence-corrected chi connectivity index (χ4v) is 4.52. The number of carboxylic acids is 1. The van der Waals surface area contributed by atoms with Crippen LogP contribution in [0.5, 0.6) is 0 Å². The summed E-state index contributed by atoms with van der Waals surface area (Å²) in [6.45, 7) is 5.98. The van der Waals surface area contributed by atoms with Gasteiger partial charge in [-0.1, -0.05) is 75.7 Å². The van der Waals surface area contributed by atoms with Crippen LogP contribution in [0.15, 0.2) is 48.5 Å². The van der Waals surface area contributed by atoms with Crippen molar-refractivity contribution in [1.82, 2.24) is 10.6 Å². The van der Waals surface area contributed by atoms with Gasteiger partial charge in [-0.2, -0.15) is 0 Å². The summed E-state index contributed by atoms with van der Waals surface area (Å²) in [7, 11) is 0. The lowest BCUT2D eigenvalue weighted by atomic mass is 9.98. The third-order valence-electron chi connectivity index (χ3n) is 6.28. The number of hydrogen-bond acceptors (Lipinski definition) is 4. The Morgan fingerprint density at radius 2 is 1.53 bits per heavy atom. The molecule has 3 N–H and O–H groups in total. The zero-order valence-corrected chi connectivity index (χ0v) is 20.0. The second kappa shape index (κ2) is 11.7. The molecule has 2 aromatic rings. The molecule has 1 aliphatic carbocycles. The maximum Gasteiger partial charge on any atom is 0.407 e. The van der Waals surface area contributed by atoms with Gasteiger partial charge in [0.15, 0.2) is 0 Å². The number of ether oxygens (including phenoxy) is 1. The zero-order valence-electron chi connectivity index (χ0n) is 20.0. The summed E-state index contributed by atoms with van der Waals surface area (Å²) < 4.78 is 5.61. The van der Waals surface area contributed by atoms with E-state index in [9.17, 15) is 14.4 Å². The number of carbonyl (C=O) groups excluding carboxylic acids is 2. The Labute approximate surface area is 200 Å². The molecule has 0 bridgehead atoms. The van der Waals surface area contributed by atoms with Crippen LogP contribution in [0.4, 0.5) is 4.79 Å². The summed E-state index contributed by atoms with van der Waals surface area (Å²) in [6, 6.07) is 15.4. The van der Waals surface area contributed by atoms with Gasteiger partial charge in [0.2, 0.25) is 5.91 Å². The highest BCUT2D eigenvalue weighted by Crippen LogP contribution is 2.44. The van der Waals surface area contributed by atoms with E-state index in [1.54, 1.807) is 0 Å². The van der Waals surface area contributed by atoms with Crippen molar-refractivity contribution < 1.29 is 24.2 Å². The highest BCUT2D eigenvalue weighted by atomic mass is 16.5. The largest absolute Gasteiger partial charge is 0.481 e. The second-order valence-electron chi connectivity index (χ2n) is 9.18. The molecule has 0 saturated heterocycles. The van der Waals surface area contributed by atoms with Gasteiger partial charge < -0.3 is 20.5 Å². The third kappa shape index (κ3) is 6.37. The average Bonchev–Trinajstić information content (AvgIpc) is 3.10. The number of alkyl carbamates (subject to hydrolysis) is 1. The Bertz CT molecular complexity index is 974. The van der Waals surface area contributed by atoms with E-state index in [0.29, 0.717) is 6.42 Å². The molecule has 0 fully saturated rings. The molecular formula is C27H34N2O5. The topological polar surface area (TPSA) is 105 Å². The molecule has 3 rings (SSSR count). The third-order valence-corrected chi connectivity index (χ3v) is 6.28. The molecule has 7 heteroatoms. The lowest BCUT2D eigenvalue weighted by molar-refractivity contribution is -0.137. The fraction of sp³-hybridized carbons (Fsp3) is 0.444. The van der Waals surface area contributed by atoms with Gasteiger partial charge in [-0.3, -0.25) is 9.59 Å². The number of amides is 2. The average molecular weight is 467 g/mol. The van der Waals surface area contributed by atoms with E-state index < -0.39 is 24.1 Å². The van der Waals surface area contributed by atoms with Crippen molar-refractivity contribution in [3.8, 4) is 11.1 Å². The van der Waals surface area contributed by atoms with Gasteiger partial charge in [0.25, 0.3) is 0 Å². The molecule has 2 aromatic carbocycles. The highest BCUT2D eigenvalue weighted by Gasteiger charge is 2.29. The van der Waals surface area contributed by atoms with Crippen molar-refractivity contribution in [3.63, 3.8) is 0 Å². The predicted octanol–water partition coefficient (Wildman–Crippen LogP) is 4.70. The lowest BCUT2D eigenvalue weighted by Gasteiger charge is -2.24. The molecular weight excluding hydrogens is 432 g/mol. The molecule has 1 aliphatic rings. The molecule has 0 spiro atoms. The number of carbonyl (C=O) groups is 3. The monoisotopic (exact) mass is 466 g/mol. The van der Waals surface area contributed by atoms with Crippen LogP contribution in [0.1, 0.15) is 63.5 Å². The molecule has 0 heterocycles. The summed E-state index contributed by atoms with van der Waals surface area (Å²) in [5.41, 5.74) is 4.59. The molecule has 2 atom stereocenters. The van der Waals surface area contributed by atoms with Crippen LogP contribution < -0.4 is 10.6 Å². The molecule has 7 nitrogen and oxygen atoms in total. The van der Waals surface area contributed by atoms with Crippen LogP contribution >= 0.6 is 0 Å². The summed E-state index contributed by atoms with van der Waals surface area (Å²) in [5, 5.41) is 14.7. The van der Waals surface area contributed by atoms with E-state index >= 15 is 0 Å². The van der Waals surface area contributed by atoms with E-state index in [4.69, 9.17) is 9.84 Å². The predicted molar refractivity (Wildman–Crippen MR) is 131 cm³/mol. The van der Waals surface area contributed by atoms with Crippen LogP contribution in [0.2, 0.25) is 0 Å². The molecule has 182 valence electrons. The quantitative estimate of drug-likeness (QED) is 0.445. The first-order valence-electron chi connectivity index (χ1n) is 11.9. The van der Waals surface area contributed by atoms with Crippen molar-refractivity contribution >= 4 is 18.0 Å². The van der Waals surface area contributed by atoms with Gasteiger partial charge in [0.1, 0.15) is 6.61 Å². The second-order valence-corrected chi connectivity index (χ2v) is 9.18. The Morgan fingerprint density at radius 1 is 0.941 bits per heavy atom. The van der Waals surface area contributed by atoms with Crippen molar-refractivity contribution in [2.24, 2.45) is 5.92 Å². The highest BCUT2D eigenvalue weighted by molar-refractivity contribution is 5.80. The number of rotatable bonds is 11.